The van der Waals surface area contributed by atoms with Crippen LogP contribution in [0.2, 0.25) is 0 Å². The average Bonchev–Trinajstić information content (AvgIpc) is 3.15. The monoisotopic (exact) mass is 363 g/mol. The van der Waals surface area contributed by atoms with Gasteiger partial charge in [-0.05, 0) is 49.2 Å². The molecule has 1 aliphatic heterocycles. The van der Waals surface area contributed by atoms with Crippen molar-refractivity contribution >= 4 is 5.65 Å². The van der Waals surface area contributed by atoms with Crippen LogP contribution in [0.4, 0.5) is 0 Å². The van der Waals surface area contributed by atoms with E-state index in [1.807, 2.05) is 40.9 Å². The molecule has 4 rings (SSSR count). The van der Waals surface area contributed by atoms with Gasteiger partial charge in [0.05, 0.1) is 30.2 Å². The number of aromatic nitrogens is 2. The second-order valence-corrected chi connectivity index (χ2v) is 6.46. The highest BCUT2D eigenvalue weighted by Gasteiger charge is 2.13. The molecule has 0 amide bonds. The topological polar surface area (TPSA) is 68.8 Å². The Morgan fingerprint density at radius 3 is 2.70 bits per heavy atom. The molecule has 6 heteroatoms. The van der Waals surface area contributed by atoms with Crippen LogP contribution >= 0.6 is 0 Å². The molecule has 1 fully saturated rings. The molecule has 1 aliphatic rings. The van der Waals surface area contributed by atoms with Gasteiger partial charge in [-0.2, -0.15) is 5.26 Å². The van der Waals surface area contributed by atoms with Gasteiger partial charge in [-0.1, -0.05) is 0 Å². The SMILES string of the molecule is N#Cc1ccc2ncc(-c3ccc(OCCOC4CCOCC4)cc3)n2c1. The van der Waals surface area contributed by atoms with E-state index in [9.17, 15) is 0 Å². The fourth-order valence-electron chi connectivity index (χ4n) is 3.20. The molecule has 27 heavy (non-hydrogen) atoms. The molecule has 3 aromatic rings. The van der Waals surface area contributed by atoms with Gasteiger partial charge in [0, 0.05) is 25.0 Å². The van der Waals surface area contributed by atoms with E-state index < -0.39 is 0 Å². The van der Waals surface area contributed by atoms with Crippen LogP contribution in [0.15, 0.2) is 48.8 Å². The second-order valence-electron chi connectivity index (χ2n) is 6.46. The van der Waals surface area contributed by atoms with Crippen molar-refractivity contribution in [2.24, 2.45) is 0 Å². The van der Waals surface area contributed by atoms with Crippen LogP contribution in [0.1, 0.15) is 18.4 Å². The van der Waals surface area contributed by atoms with Crippen molar-refractivity contribution in [1.82, 2.24) is 9.38 Å². The molecule has 1 aromatic carbocycles. The molecule has 2 aromatic heterocycles. The second kappa shape index (κ2) is 8.21. The van der Waals surface area contributed by atoms with Crippen LogP contribution in [0.25, 0.3) is 16.9 Å². The van der Waals surface area contributed by atoms with E-state index in [2.05, 4.69) is 11.1 Å². The van der Waals surface area contributed by atoms with E-state index in [1.54, 1.807) is 12.3 Å². The molecule has 0 radical (unpaired) electrons. The van der Waals surface area contributed by atoms with E-state index in [-0.39, 0.29) is 6.10 Å². The number of nitriles is 1. The summed E-state index contributed by atoms with van der Waals surface area (Å²) in [7, 11) is 0. The minimum Gasteiger partial charge on any atom is -0.491 e. The first kappa shape index (κ1) is 17.5. The van der Waals surface area contributed by atoms with Crippen molar-refractivity contribution in [3.8, 4) is 23.1 Å². The van der Waals surface area contributed by atoms with Crippen LogP contribution in [0.3, 0.4) is 0 Å². The predicted molar refractivity (Wildman–Crippen MR) is 101 cm³/mol. The highest BCUT2D eigenvalue weighted by Crippen LogP contribution is 2.24. The molecule has 6 nitrogen and oxygen atoms in total. The number of benzene rings is 1. The van der Waals surface area contributed by atoms with Gasteiger partial charge in [0.15, 0.2) is 0 Å². The first-order valence-corrected chi connectivity index (χ1v) is 9.13. The van der Waals surface area contributed by atoms with Crippen LogP contribution in [-0.4, -0.2) is 41.9 Å². The fourth-order valence-corrected chi connectivity index (χ4v) is 3.20. The summed E-state index contributed by atoms with van der Waals surface area (Å²) >= 11 is 0. The molecule has 138 valence electrons. The summed E-state index contributed by atoms with van der Waals surface area (Å²) in [6, 6.07) is 13.7. The van der Waals surface area contributed by atoms with Crippen molar-refractivity contribution < 1.29 is 14.2 Å². The lowest BCUT2D eigenvalue weighted by Crippen LogP contribution is -2.25. The normalized spacial score (nSPS) is 14.9. The Bertz CT molecular complexity index is 937. The largest absolute Gasteiger partial charge is 0.491 e. The molecule has 0 atom stereocenters. The fraction of sp³-hybridized carbons (Fsp3) is 0.333. The smallest absolute Gasteiger partial charge is 0.137 e. The first-order chi connectivity index (χ1) is 13.3. The van der Waals surface area contributed by atoms with Gasteiger partial charge in [-0.3, -0.25) is 4.40 Å². The number of rotatable bonds is 6. The van der Waals surface area contributed by atoms with E-state index in [0.29, 0.717) is 18.8 Å². The highest BCUT2D eigenvalue weighted by atomic mass is 16.5. The molecule has 0 unspecified atom stereocenters. The number of hydrogen-bond acceptors (Lipinski definition) is 5. The number of imidazole rings is 1. The molecule has 0 aliphatic carbocycles. The minimum absolute atomic E-state index is 0.290. The van der Waals surface area contributed by atoms with Crippen molar-refractivity contribution in [2.75, 3.05) is 26.4 Å². The summed E-state index contributed by atoms with van der Waals surface area (Å²) in [6.45, 7) is 2.67. The Hall–Kier alpha value is -2.88. The Morgan fingerprint density at radius 2 is 1.93 bits per heavy atom. The predicted octanol–water partition coefficient (Wildman–Crippen LogP) is 3.45. The van der Waals surface area contributed by atoms with Gasteiger partial charge in [0.25, 0.3) is 0 Å². The molecule has 1 saturated heterocycles. The minimum atomic E-state index is 0.290. The van der Waals surface area contributed by atoms with Gasteiger partial charge in [0.1, 0.15) is 24.1 Å². The molecule has 0 saturated carbocycles. The van der Waals surface area contributed by atoms with E-state index in [4.69, 9.17) is 19.5 Å². The average molecular weight is 363 g/mol. The quantitative estimate of drug-likeness (QED) is 0.628. The molecule has 0 N–H and O–H groups in total. The zero-order chi connectivity index (χ0) is 18.5. The van der Waals surface area contributed by atoms with Gasteiger partial charge in [0.2, 0.25) is 0 Å². The number of hydrogen-bond donors (Lipinski definition) is 0. The summed E-state index contributed by atoms with van der Waals surface area (Å²) in [4.78, 5) is 4.39. The lowest BCUT2D eigenvalue weighted by Gasteiger charge is -2.22. The summed E-state index contributed by atoms with van der Waals surface area (Å²) in [5, 5.41) is 9.10. The van der Waals surface area contributed by atoms with Crippen LogP contribution in [-0.2, 0) is 9.47 Å². The highest BCUT2D eigenvalue weighted by molar-refractivity contribution is 5.64. The molecular weight excluding hydrogens is 342 g/mol. The zero-order valence-electron chi connectivity index (χ0n) is 15.0. The maximum atomic E-state index is 9.10. The lowest BCUT2D eigenvalue weighted by atomic mass is 10.1. The van der Waals surface area contributed by atoms with E-state index in [1.165, 1.54) is 0 Å². The third kappa shape index (κ3) is 4.11. The Kier molecular flexibility index (Phi) is 5.33. The zero-order valence-corrected chi connectivity index (χ0v) is 15.0. The maximum absolute atomic E-state index is 9.10. The van der Waals surface area contributed by atoms with Gasteiger partial charge >= 0.3 is 0 Å². The van der Waals surface area contributed by atoms with Crippen molar-refractivity contribution in [3.63, 3.8) is 0 Å². The standard InChI is InChI=1S/C21H21N3O3/c22-13-16-1-6-21-23-14-20(24(21)15-16)17-2-4-18(5-3-17)26-11-12-27-19-7-9-25-10-8-19/h1-6,14-15,19H,7-12H2. The lowest BCUT2D eigenvalue weighted by molar-refractivity contribution is -0.0388. The molecule has 0 bridgehead atoms. The third-order valence-electron chi connectivity index (χ3n) is 4.66. The number of pyridine rings is 1. The van der Waals surface area contributed by atoms with E-state index in [0.717, 1.165) is 48.7 Å². The van der Waals surface area contributed by atoms with Gasteiger partial charge in [-0.15, -0.1) is 0 Å². The Labute approximate surface area is 157 Å². The van der Waals surface area contributed by atoms with Crippen molar-refractivity contribution in [3.05, 3.63) is 54.4 Å². The number of ether oxygens (including phenoxy) is 3. The molecular formula is C21H21N3O3. The van der Waals surface area contributed by atoms with Gasteiger partial charge in [-0.25, -0.2) is 4.98 Å². The van der Waals surface area contributed by atoms with Crippen molar-refractivity contribution in [1.29, 1.82) is 5.26 Å². The number of nitrogens with zero attached hydrogens (tertiary/aromatic N) is 3. The van der Waals surface area contributed by atoms with Crippen LogP contribution in [0, 0.1) is 11.3 Å². The van der Waals surface area contributed by atoms with E-state index >= 15 is 0 Å². The molecule has 3 heterocycles. The number of fused-ring (bicyclic) bond motifs is 1. The summed E-state index contributed by atoms with van der Waals surface area (Å²) < 4.78 is 18.8. The summed E-state index contributed by atoms with van der Waals surface area (Å²) in [5.41, 5.74) is 3.38. The van der Waals surface area contributed by atoms with Crippen LogP contribution < -0.4 is 4.74 Å². The maximum Gasteiger partial charge on any atom is 0.137 e. The Morgan fingerprint density at radius 1 is 1.11 bits per heavy atom. The van der Waals surface area contributed by atoms with Gasteiger partial charge < -0.3 is 14.2 Å². The Balaban J connectivity index is 1.37. The van der Waals surface area contributed by atoms with Crippen LogP contribution in [0.5, 0.6) is 5.75 Å². The third-order valence-corrected chi connectivity index (χ3v) is 4.66. The first-order valence-electron chi connectivity index (χ1n) is 9.13. The summed E-state index contributed by atoms with van der Waals surface area (Å²) in [5.74, 6) is 0.806. The molecule has 0 spiro atoms. The summed E-state index contributed by atoms with van der Waals surface area (Å²) in [6.07, 6.45) is 5.82. The van der Waals surface area contributed by atoms with Crippen molar-refractivity contribution in [2.45, 2.75) is 18.9 Å².